The Hall–Kier alpha value is -3.44. The smallest absolute Gasteiger partial charge is 0.240 e. The number of benzene rings is 1. The van der Waals surface area contributed by atoms with Crippen molar-refractivity contribution in [1.82, 2.24) is 19.9 Å². The highest BCUT2D eigenvalue weighted by molar-refractivity contribution is 7.89. The van der Waals surface area contributed by atoms with E-state index in [0.717, 1.165) is 0 Å². The Morgan fingerprint density at radius 1 is 0.867 bits per heavy atom. The van der Waals surface area contributed by atoms with E-state index in [1.54, 1.807) is 24.4 Å². The summed E-state index contributed by atoms with van der Waals surface area (Å²) >= 11 is 0. The number of nitrogens with one attached hydrogen (secondary N) is 3. The van der Waals surface area contributed by atoms with Crippen LogP contribution in [0.3, 0.4) is 0 Å². The molecule has 0 aliphatic carbocycles. The number of rotatable bonds is 8. The maximum absolute atomic E-state index is 12.5. The third kappa shape index (κ3) is 4.93. The highest BCUT2D eigenvalue weighted by atomic mass is 32.2. The van der Waals surface area contributed by atoms with E-state index in [4.69, 9.17) is 9.47 Å². The molecule has 4 rings (SSSR count). The number of pyridine rings is 1. The minimum absolute atomic E-state index is 0.122. The van der Waals surface area contributed by atoms with Gasteiger partial charge in [0.25, 0.3) is 0 Å². The summed E-state index contributed by atoms with van der Waals surface area (Å²) in [4.78, 5) is 4.28. The lowest BCUT2D eigenvalue weighted by Gasteiger charge is -2.19. The first-order valence-corrected chi connectivity index (χ1v) is 10.7. The van der Waals surface area contributed by atoms with Crippen molar-refractivity contribution >= 4 is 27.5 Å². The first kappa shape index (κ1) is 19.9. The van der Waals surface area contributed by atoms with Gasteiger partial charge in [0.1, 0.15) is 24.8 Å². The van der Waals surface area contributed by atoms with Crippen molar-refractivity contribution < 1.29 is 17.9 Å². The first-order valence-electron chi connectivity index (χ1n) is 9.25. The summed E-state index contributed by atoms with van der Waals surface area (Å²) in [6, 6.07) is 13.6. The fraction of sp³-hybridized carbons (Fsp3) is 0.211. The summed E-state index contributed by atoms with van der Waals surface area (Å²) in [7, 11) is -3.67. The van der Waals surface area contributed by atoms with Crippen LogP contribution in [0.15, 0.2) is 59.6 Å². The molecule has 3 heterocycles. The minimum atomic E-state index is -3.67. The van der Waals surface area contributed by atoms with Crippen LogP contribution in [0.5, 0.6) is 11.5 Å². The lowest BCUT2D eigenvalue weighted by atomic mass is 10.3. The molecule has 30 heavy (non-hydrogen) atoms. The fourth-order valence-electron chi connectivity index (χ4n) is 2.71. The normalized spacial score (nSPS) is 12.9. The summed E-state index contributed by atoms with van der Waals surface area (Å²) < 4.78 is 38.3. The van der Waals surface area contributed by atoms with Gasteiger partial charge < -0.3 is 20.1 Å². The zero-order valence-electron chi connectivity index (χ0n) is 15.9. The fourth-order valence-corrected chi connectivity index (χ4v) is 3.76. The molecule has 1 aliphatic rings. The Labute approximate surface area is 173 Å². The van der Waals surface area contributed by atoms with Gasteiger partial charge in [0.05, 0.1) is 4.90 Å². The third-order valence-electron chi connectivity index (χ3n) is 4.13. The molecule has 1 aromatic carbocycles. The second-order valence-corrected chi connectivity index (χ2v) is 8.04. The maximum atomic E-state index is 12.5. The van der Waals surface area contributed by atoms with Crippen LogP contribution in [0.1, 0.15) is 0 Å². The van der Waals surface area contributed by atoms with Crippen LogP contribution in [0.2, 0.25) is 0 Å². The van der Waals surface area contributed by atoms with Gasteiger partial charge in [-0.25, -0.2) is 18.1 Å². The monoisotopic (exact) mass is 428 g/mol. The molecular formula is C19H20N6O4S. The van der Waals surface area contributed by atoms with Crippen molar-refractivity contribution in [1.29, 1.82) is 0 Å². The molecule has 0 amide bonds. The number of hydrogen-bond donors (Lipinski definition) is 3. The Balaban J connectivity index is 1.27. The van der Waals surface area contributed by atoms with Crippen molar-refractivity contribution in [2.75, 3.05) is 36.9 Å². The van der Waals surface area contributed by atoms with Crippen LogP contribution < -0.4 is 24.8 Å². The molecule has 0 atom stereocenters. The molecule has 3 N–H and O–H groups in total. The van der Waals surface area contributed by atoms with Crippen LogP contribution >= 0.6 is 0 Å². The zero-order valence-corrected chi connectivity index (χ0v) is 16.7. The molecular weight excluding hydrogens is 408 g/mol. The largest absolute Gasteiger partial charge is 0.486 e. The van der Waals surface area contributed by atoms with Gasteiger partial charge >= 0.3 is 0 Å². The third-order valence-corrected chi connectivity index (χ3v) is 5.59. The van der Waals surface area contributed by atoms with Gasteiger partial charge in [-0.05, 0) is 36.4 Å². The molecule has 0 saturated heterocycles. The lowest BCUT2D eigenvalue weighted by Crippen LogP contribution is -2.29. The van der Waals surface area contributed by atoms with Crippen molar-refractivity contribution in [3.05, 3.63) is 54.7 Å². The zero-order chi connectivity index (χ0) is 20.8. The highest BCUT2D eigenvalue weighted by Gasteiger charge is 2.18. The van der Waals surface area contributed by atoms with Crippen LogP contribution in [0.4, 0.5) is 17.5 Å². The van der Waals surface area contributed by atoms with Crippen molar-refractivity contribution in [3.63, 3.8) is 0 Å². The standard InChI is InChI=1S/C19H20N6O4S/c26-30(27,14-4-5-15-16(13-14)29-12-11-28-15)22-10-9-21-18-6-7-19(25-24-18)23-17-3-1-2-8-20-17/h1-8,13,22H,9-12H2,(H,21,24)(H,20,23,25). The average molecular weight is 428 g/mol. The van der Waals surface area contributed by atoms with E-state index in [9.17, 15) is 8.42 Å². The van der Waals surface area contributed by atoms with Crippen LogP contribution in [-0.4, -0.2) is 49.9 Å². The Morgan fingerprint density at radius 3 is 2.43 bits per heavy atom. The van der Waals surface area contributed by atoms with Crippen LogP contribution in [0.25, 0.3) is 0 Å². The maximum Gasteiger partial charge on any atom is 0.240 e. The van der Waals surface area contributed by atoms with E-state index < -0.39 is 10.0 Å². The topological polar surface area (TPSA) is 127 Å². The number of ether oxygens (including phenoxy) is 2. The van der Waals surface area contributed by atoms with Crippen LogP contribution in [-0.2, 0) is 10.0 Å². The Kier molecular flexibility index (Phi) is 5.91. The second kappa shape index (κ2) is 8.93. The first-order chi connectivity index (χ1) is 14.6. The van der Waals surface area contributed by atoms with Gasteiger partial charge in [0.2, 0.25) is 10.0 Å². The molecule has 0 spiro atoms. The second-order valence-electron chi connectivity index (χ2n) is 6.27. The molecule has 0 radical (unpaired) electrons. The van der Waals surface area contributed by atoms with Gasteiger partial charge in [-0.2, -0.15) is 0 Å². The Bertz CT molecular complexity index is 1090. The molecule has 3 aromatic rings. The van der Waals surface area contributed by atoms with Crippen molar-refractivity contribution in [3.8, 4) is 11.5 Å². The molecule has 11 heteroatoms. The molecule has 1 aliphatic heterocycles. The molecule has 0 bridgehead atoms. The van der Waals surface area contributed by atoms with Gasteiger partial charge in [0.15, 0.2) is 17.3 Å². The predicted octanol–water partition coefficient (Wildman–Crippen LogP) is 1.78. The number of sulfonamides is 1. The molecule has 156 valence electrons. The van der Waals surface area contributed by atoms with Crippen molar-refractivity contribution in [2.24, 2.45) is 0 Å². The summed E-state index contributed by atoms with van der Waals surface area (Å²) in [5.41, 5.74) is 0. The number of hydrogen-bond acceptors (Lipinski definition) is 9. The Morgan fingerprint density at radius 2 is 1.67 bits per heavy atom. The minimum Gasteiger partial charge on any atom is -0.486 e. The van der Waals surface area contributed by atoms with E-state index in [2.05, 4.69) is 30.5 Å². The van der Waals surface area contributed by atoms with Gasteiger partial charge in [0, 0.05) is 25.4 Å². The summed E-state index contributed by atoms with van der Waals surface area (Å²) in [6.45, 7) is 1.36. The summed E-state index contributed by atoms with van der Waals surface area (Å²) in [5, 5.41) is 14.2. The number of fused-ring (bicyclic) bond motifs is 1. The quantitative estimate of drug-likeness (QED) is 0.460. The number of nitrogens with zero attached hydrogens (tertiary/aromatic N) is 3. The SMILES string of the molecule is O=S(=O)(NCCNc1ccc(Nc2ccccn2)nn1)c1ccc2c(c1)OCCO2. The highest BCUT2D eigenvalue weighted by Crippen LogP contribution is 2.32. The summed E-state index contributed by atoms with van der Waals surface area (Å²) in [5.74, 6) is 2.72. The lowest BCUT2D eigenvalue weighted by molar-refractivity contribution is 0.171. The predicted molar refractivity (Wildman–Crippen MR) is 111 cm³/mol. The molecule has 0 saturated carbocycles. The van der Waals surface area contributed by atoms with E-state index in [1.165, 1.54) is 12.1 Å². The molecule has 2 aromatic heterocycles. The van der Waals surface area contributed by atoms with E-state index in [-0.39, 0.29) is 11.4 Å². The summed E-state index contributed by atoms with van der Waals surface area (Å²) in [6.07, 6.45) is 1.68. The molecule has 0 unspecified atom stereocenters. The van der Waals surface area contributed by atoms with Crippen molar-refractivity contribution in [2.45, 2.75) is 4.90 Å². The molecule has 0 fully saturated rings. The molecule has 10 nitrogen and oxygen atoms in total. The average Bonchev–Trinajstić information content (AvgIpc) is 2.78. The number of aromatic nitrogens is 3. The van der Waals surface area contributed by atoms with E-state index >= 15 is 0 Å². The van der Waals surface area contributed by atoms with Crippen LogP contribution in [0, 0.1) is 0 Å². The van der Waals surface area contributed by atoms with E-state index in [1.807, 2.05) is 18.2 Å². The number of anilines is 3. The van der Waals surface area contributed by atoms with Gasteiger partial charge in [-0.3, -0.25) is 0 Å². The van der Waals surface area contributed by atoms with Gasteiger partial charge in [-0.15, -0.1) is 10.2 Å². The van der Waals surface area contributed by atoms with Gasteiger partial charge in [-0.1, -0.05) is 6.07 Å². The van der Waals surface area contributed by atoms with E-state index in [0.29, 0.717) is 48.7 Å².